The number of hydrogen-bond donors (Lipinski definition) is 1. The Hall–Kier alpha value is -3.22. The third-order valence-electron chi connectivity index (χ3n) is 5.18. The molecule has 7 heteroatoms. The van der Waals surface area contributed by atoms with Gasteiger partial charge in [-0.25, -0.2) is 4.79 Å². The SMILES string of the molecule is CC(C)C(NC(=O)C(C)n1c(=O)oc2ccccc21)c1ccc2c(c1)OCCO2. The van der Waals surface area contributed by atoms with Crippen LogP contribution in [0.5, 0.6) is 11.5 Å². The van der Waals surface area contributed by atoms with Crippen molar-refractivity contribution in [2.24, 2.45) is 5.92 Å². The number of oxazole rings is 1. The predicted molar refractivity (Wildman–Crippen MR) is 108 cm³/mol. The van der Waals surface area contributed by atoms with Gasteiger partial charge < -0.3 is 19.2 Å². The number of para-hydroxylation sites is 2. The molecule has 2 atom stereocenters. The molecule has 1 N–H and O–H groups in total. The highest BCUT2D eigenvalue weighted by molar-refractivity contribution is 5.83. The molecule has 3 aromatic rings. The summed E-state index contributed by atoms with van der Waals surface area (Å²) in [5.74, 6) is 0.713. The van der Waals surface area contributed by atoms with Crippen LogP contribution in [0.25, 0.3) is 11.1 Å². The lowest BCUT2D eigenvalue weighted by Gasteiger charge is -2.26. The molecule has 1 amide bonds. The standard InChI is InChI=1S/C22H24N2O5/c1-13(2)20(15-8-9-18-19(12-15)28-11-10-27-18)23-21(25)14(3)24-16-6-4-5-7-17(16)29-22(24)26/h4-9,12-14,20H,10-11H2,1-3H3,(H,23,25). The molecule has 2 aromatic carbocycles. The van der Waals surface area contributed by atoms with Gasteiger partial charge in [0.2, 0.25) is 5.91 Å². The molecule has 0 bridgehead atoms. The van der Waals surface area contributed by atoms with Crippen LogP contribution in [0.15, 0.2) is 51.7 Å². The summed E-state index contributed by atoms with van der Waals surface area (Å²) < 4.78 is 17.9. The Balaban J connectivity index is 1.61. The summed E-state index contributed by atoms with van der Waals surface area (Å²) in [6.45, 7) is 6.79. The minimum atomic E-state index is -0.718. The summed E-state index contributed by atoms with van der Waals surface area (Å²) in [5, 5.41) is 3.08. The fourth-order valence-electron chi connectivity index (χ4n) is 3.63. The summed E-state index contributed by atoms with van der Waals surface area (Å²) >= 11 is 0. The lowest BCUT2D eigenvalue weighted by Crippen LogP contribution is -2.38. The summed E-state index contributed by atoms with van der Waals surface area (Å²) in [5.41, 5.74) is 1.99. The maximum Gasteiger partial charge on any atom is 0.420 e. The van der Waals surface area contributed by atoms with E-state index in [0.29, 0.717) is 35.8 Å². The maximum absolute atomic E-state index is 13.0. The first-order chi connectivity index (χ1) is 14.0. The van der Waals surface area contributed by atoms with Crippen molar-refractivity contribution in [2.75, 3.05) is 13.2 Å². The topological polar surface area (TPSA) is 82.7 Å². The van der Waals surface area contributed by atoms with Crippen LogP contribution in [0.3, 0.4) is 0 Å². The van der Waals surface area contributed by atoms with Gasteiger partial charge in [-0.3, -0.25) is 9.36 Å². The van der Waals surface area contributed by atoms with E-state index >= 15 is 0 Å². The molecule has 2 unspecified atom stereocenters. The molecule has 0 saturated carbocycles. The fourth-order valence-corrected chi connectivity index (χ4v) is 3.63. The van der Waals surface area contributed by atoms with Gasteiger partial charge >= 0.3 is 5.76 Å². The van der Waals surface area contributed by atoms with Crippen molar-refractivity contribution in [2.45, 2.75) is 32.9 Å². The van der Waals surface area contributed by atoms with Crippen molar-refractivity contribution < 1.29 is 18.7 Å². The van der Waals surface area contributed by atoms with Crippen LogP contribution in [0.4, 0.5) is 0 Å². The number of hydrogen-bond acceptors (Lipinski definition) is 5. The zero-order valence-corrected chi connectivity index (χ0v) is 16.7. The van der Waals surface area contributed by atoms with Crippen LogP contribution < -0.4 is 20.5 Å². The van der Waals surface area contributed by atoms with Crippen molar-refractivity contribution in [1.29, 1.82) is 0 Å². The minimum Gasteiger partial charge on any atom is -0.486 e. The van der Waals surface area contributed by atoms with Gasteiger partial charge in [-0.05, 0) is 42.7 Å². The molecule has 7 nitrogen and oxygen atoms in total. The van der Waals surface area contributed by atoms with E-state index in [1.54, 1.807) is 25.1 Å². The van der Waals surface area contributed by atoms with E-state index in [0.717, 1.165) is 5.56 Å². The first-order valence-electron chi connectivity index (χ1n) is 9.75. The van der Waals surface area contributed by atoms with E-state index in [-0.39, 0.29) is 17.9 Å². The zero-order valence-electron chi connectivity index (χ0n) is 16.7. The molecule has 0 fully saturated rings. The number of carbonyl (C=O) groups is 1. The van der Waals surface area contributed by atoms with Gasteiger partial charge in [0.1, 0.15) is 19.3 Å². The highest BCUT2D eigenvalue weighted by Crippen LogP contribution is 2.34. The second-order valence-corrected chi connectivity index (χ2v) is 7.52. The molecule has 1 aliphatic rings. The van der Waals surface area contributed by atoms with Crippen LogP contribution in [-0.2, 0) is 4.79 Å². The van der Waals surface area contributed by atoms with E-state index < -0.39 is 11.8 Å². The molecule has 1 aromatic heterocycles. The van der Waals surface area contributed by atoms with E-state index in [2.05, 4.69) is 5.32 Å². The highest BCUT2D eigenvalue weighted by Gasteiger charge is 2.26. The van der Waals surface area contributed by atoms with Crippen molar-refractivity contribution >= 4 is 17.0 Å². The molecule has 0 aliphatic carbocycles. The maximum atomic E-state index is 13.0. The molecule has 4 rings (SSSR count). The van der Waals surface area contributed by atoms with Crippen molar-refractivity contribution in [1.82, 2.24) is 9.88 Å². The minimum absolute atomic E-state index is 0.131. The second kappa shape index (κ2) is 7.66. The normalized spacial score (nSPS) is 15.3. The summed E-state index contributed by atoms with van der Waals surface area (Å²) in [7, 11) is 0. The quantitative estimate of drug-likeness (QED) is 0.714. The highest BCUT2D eigenvalue weighted by atomic mass is 16.6. The molecule has 152 valence electrons. The lowest BCUT2D eigenvalue weighted by molar-refractivity contribution is -0.125. The van der Waals surface area contributed by atoms with Crippen molar-refractivity contribution in [3.8, 4) is 11.5 Å². The van der Waals surface area contributed by atoms with E-state index in [4.69, 9.17) is 13.9 Å². The van der Waals surface area contributed by atoms with E-state index in [1.807, 2.05) is 38.1 Å². The summed E-state index contributed by atoms with van der Waals surface area (Å²) in [6, 6.07) is 11.8. The van der Waals surface area contributed by atoms with Gasteiger partial charge in [0.15, 0.2) is 17.1 Å². The Morgan fingerprint density at radius 1 is 1.03 bits per heavy atom. The Labute approximate surface area is 168 Å². The molecule has 2 heterocycles. The second-order valence-electron chi connectivity index (χ2n) is 7.52. The molecule has 0 radical (unpaired) electrons. The number of nitrogens with zero attached hydrogens (tertiary/aromatic N) is 1. The number of nitrogens with one attached hydrogen (secondary N) is 1. The lowest BCUT2D eigenvalue weighted by atomic mass is 9.95. The van der Waals surface area contributed by atoms with Crippen molar-refractivity contribution in [3.63, 3.8) is 0 Å². The third kappa shape index (κ3) is 3.60. The molecule has 1 aliphatic heterocycles. The number of ether oxygens (including phenoxy) is 2. The molecular weight excluding hydrogens is 372 g/mol. The summed E-state index contributed by atoms with van der Waals surface area (Å²) in [6.07, 6.45) is 0. The largest absolute Gasteiger partial charge is 0.486 e. The van der Waals surface area contributed by atoms with Crippen LogP contribution in [-0.4, -0.2) is 23.7 Å². The number of carbonyl (C=O) groups excluding carboxylic acids is 1. The Morgan fingerprint density at radius 3 is 2.52 bits per heavy atom. The van der Waals surface area contributed by atoms with E-state index in [9.17, 15) is 9.59 Å². The van der Waals surface area contributed by atoms with Crippen LogP contribution >= 0.6 is 0 Å². The van der Waals surface area contributed by atoms with Crippen LogP contribution in [0, 0.1) is 5.92 Å². The number of amides is 1. The Kier molecular flexibility index (Phi) is 5.05. The number of fused-ring (bicyclic) bond motifs is 2. The van der Waals surface area contributed by atoms with Gasteiger partial charge in [0.05, 0.1) is 11.6 Å². The monoisotopic (exact) mass is 396 g/mol. The van der Waals surface area contributed by atoms with Gasteiger partial charge in [0, 0.05) is 0 Å². The summed E-state index contributed by atoms with van der Waals surface area (Å²) in [4.78, 5) is 25.4. The molecular formula is C22H24N2O5. The van der Waals surface area contributed by atoms with Gasteiger partial charge in [-0.15, -0.1) is 0 Å². The van der Waals surface area contributed by atoms with Crippen LogP contribution in [0.1, 0.15) is 38.4 Å². The van der Waals surface area contributed by atoms with E-state index in [1.165, 1.54) is 4.57 Å². The Morgan fingerprint density at radius 2 is 1.76 bits per heavy atom. The van der Waals surface area contributed by atoms with Gasteiger partial charge in [-0.2, -0.15) is 0 Å². The average Bonchev–Trinajstić information content (AvgIpc) is 3.06. The molecule has 0 saturated heterocycles. The number of rotatable bonds is 5. The average molecular weight is 396 g/mol. The van der Waals surface area contributed by atoms with Crippen LogP contribution in [0.2, 0.25) is 0 Å². The smallest absolute Gasteiger partial charge is 0.420 e. The Bertz CT molecular complexity index is 1100. The molecule has 0 spiro atoms. The van der Waals surface area contributed by atoms with Gasteiger partial charge in [0.25, 0.3) is 0 Å². The first kappa shape index (κ1) is 19.1. The first-order valence-corrected chi connectivity index (χ1v) is 9.75. The van der Waals surface area contributed by atoms with Crippen molar-refractivity contribution in [3.05, 3.63) is 58.6 Å². The third-order valence-corrected chi connectivity index (χ3v) is 5.18. The number of aromatic nitrogens is 1. The predicted octanol–water partition coefficient (Wildman–Crippen LogP) is 3.44. The number of benzene rings is 2. The van der Waals surface area contributed by atoms with Gasteiger partial charge in [-0.1, -0.05) is 32.0 Å². The zero-order chi connectivity index (χ0) is 20.5. The molecule has 29 heavy (non-hydrogen) atoms. The fraction of sp³-hybridized carbons (Fsp3) is 0.364.